The Bertz CT molecular complexity index is 1110. The highest BCUT2D eigenvalue weighted by Gasteiger charge is 2.15. The zero-order valence-electron chi connectivity index (χ0n) is 15.2. The molecule has 27 heavy (non-hydrogen) atoms. The quantitative estimate of drug-likeness (QED) is 0.586. The molecule has 4 aromatic rings. The summed E-state index contributed by atoms with van der Waals surface area (Å²) in [6, 6.07) is 20.3. The molecular formula is C23H21N3O. The Balaban J connectivity index is 1.69. The molecule has 0 spiro atoms. The molecule has 1 amide bonds. The Morgan fingerprint density at radius 3 is 2.59 bits per heavy atom. The minimum absolute atomic E-state index is 0.421. The van der Waals surface area contributed by atoms with Crippen LogP contribution in [0.25, 0.3) is 10.9 Å². The number of rotatable bonds is 5. The van der Waals surface area contributed by atoms with Crippen LogP contribution in [0.2, 0.25) is 0 Å². The van der Waals surface area contributed by atoms with Crippen LogP contribution in [-0.2, 0) is 13.0 Å². The van der Waals surface area contributed by atoms with Gasteiger partial charge in [-0.3, -0.25) is 9.78 Å². The van der Waals surface area contributed by atoms with Gasteiger partial charge < -0.3 is 10.3 Å². The number of fused-ring (bicyclic) bond motifs is 1. The highest BCUT2D eigenvalue weighted by molar-refractivity contribution is 6.06. The van der Waals surface area contributed by atoms with Crippen molar-refractivity contribution in [2.75, 3.05) is 0 Å². The third kappa shape index (κ3) is 3.47. The van der Waals surface area contributed by atoms with Crippen LogP contribution in [0.3, 0.4) is 0 Å². The molecule has 2 aromatic heterocycles. The zero-order chi connectivity index (χ0) is 18.8. The van der Waals surface area contributed by atoms with E-state index in [-0.39, 0.29) is 0 Å². The van der Waals surface area contributed by atoms with Gasteiger partial charge >= 0.3 is 0 Å². The van der Waals surface area contributed by atoms with Crippen molar-refractivity contribution in [3.63, 3.8) is 0 Å². The van der Waals surface area contributed by atoms with E-state index in [0.29, 0.717) is 12.1 Å². The molecule has 0 saturated carbocycles. The maximum atomic E-state index is 12.2. The number of para-hydroxylation sites is 1. The van der Waals surface area contributed by atoms with Crippen LogP contribution < -0.4 is 5.73 Å². The van der Waals surface area contributed by atoms with Crippen LogP contribution in [0.15, 0.2) is 73.1 Å². The van der Waals surface area contributed by atoms with E-state index in [0.717, 1.165) is 22.9 Å². The summed E-state index contributed by atoms with van der Waals surface area (Å²) >= 11 is 0. The van der Waals surface area contributed by atoms with Crippen molar-refractivity contribution in [3.8, 4) is 0 Å². The summed E-state index contributed by atoms with van der Waals surface area (Å²) in [5, 5.41) is 0.801. The number of nitrogens with two attached hydrogens (primary N) is 1. The van der Waals surface area contributed by atoms with Crippen LogP contribution in [-0.4, -0.2) is 15.5 Å². The highest BCUT2D eigenvalue weighted by Crippen LogP contribution is 2.22. The lowest BCUT2D eigenvalue weighted by atomic mass is 10.0. The van der Waals surface area contributed by atoms with E-state index in [2.05, 4.69) is 46.8 Å². The third-order valence-corrected chi connectivity index (χ3v) is 4.87. The lowest BCUT2D eigenvalue weighted by molar-refractivity contribution is 0.100. The highest BCUT2D eigenvalue weighted by atomic mass is 16.1. The standard InChI is InChI=1S/C23H21N3O/c1-16-8-10-17(11-9-16)13-19-5-4-12-26(19)15-18-14-25-21-7-3-2-6-20(21)22(18)23(24)27/h2-12,14H,13,15H2,1H3,(H2,24,27). The zero-order valence-corrected chi connectivity index (χ0v) is 15.2. The average Bonchev–Trinajstić information content (AvgIpc) is 3.09. The number of aromatic nitrogens is 2. The maximum absolute atomic E-state index is 12.2. The Hall–Kier alpha value is -3.40. The molecule has 0 aliphatic rings. The number of nitrogens with zero attached hydrogens (tertiary/aromatic N) is 2. The molecule has 4 rings (SSSR count). The van der Waals surface area contributed by atoms with E-state index >= 15 is 0 Å². The normalized spacial score (nSPS) is 11.0. The van der Waals surface area contributed by atoms with E-state index in [1.54, 1.807) is 6.20 Å². The van der Waals surface area contributed by atoms with Gasteiger partial charge in [0.15, 0.2) is 0 Å². The number of carbonyl (C=O) groups excluding carboxylic acids is 1. The number of hydrogen-bond donors (Lipinski definition) is 1. The molecule has 0 atom stereocenters. The van der Waals surface area contributed by atoms with Crippen molar-refractivity contribution >= 4 is 16.8 Å². The summed E-state index contributed by atoms with van der Waals surface area (Å²) in [7, 11) is 0. The average molecular weight is 355 g/mol. The Kier molecular flexibility index (Phi) is 4.47. The number of benzene rings is 2. The van der Waals surface area contributed by atoms with Gasteiger partial charge in [0.25, 0.3) is 0 Å². The second kappa shape index (κ2) is 7.08. The first-order valence-corrected chi connectivity index (χ1v) is 8.98. The first kappa shape index (κ1) is 17.0. The molecule has 0 fully saturated rings. The lowest BCUT2D eigenvalue weighted by Crippen LogP contribution is -2.17. The van der Waals surface area contributed by atoms with Crippen molar-refractivity contribution in [3.05, 3.63) is 101 Å². The number of primary amides is 1. The molecule has 4 heteroatoms. The first-order valence-electron chi connectivity index (χ1n) is 8.98. The molecule has 0 aliphatic carbocycles. The number of aryl methyl sites for hydroxylation is 1. The van der Waals surface area contributed by atoms with Gasteiger partial charge in [-0.05, 0) is 30.7 Å². The monoisotopic (exact) mass is 355 g/mol. The number of carbonyl (C=O) groups is 1. The van der Waals surface area contributed by atoms with Crippen LogP contribution in [0.1, 0.15) is 32.7 Å². The minimum atomic E-state index is -0.421. The number of pyridine rings is 1. The first-order chi connectivity index (χ1) is 13.1. The molecule has 4 nitrogen and oxygen atoms in total. The van der Waals surface area contributed by atoms with Crippen LogP contribution >= 0.6 is 0 Å². The molecule has 0 aliphatic heterocycles. The summed E-state index contributed by atoms with van der Waals surface area (Å²) in [6.07, 6.45) is 4.63. The summed E-state index contributed by atoms with van der Waals surface area (Å²) in [4.78, 5) is 16.7. The van der Waals surface area contributed by atoms with Gasteiger partial charge in [0.05, 0.1) is 11.1 Å². The molecular weight excluding hydrogens is 334 g/mol. The van der Waals surface area contributed by atoms with Crippen LogP contribution in [0.4, 0.5) is 0 Å². The van der Waals surface area contributed by atoms with Gasteiger partial charge in [-0.15, -0.1) is 0 Å². The van der Waals surface area contributed by atoms with Gasteiger partial charge in [0, 0.05) is 42.0 Å². The molecule has 0 saturated heterocycles. The summed E-state index contributed by atoms with van der Waals surface area (Å²) in [5.74, 6) is -0.421. The molecule has 2 heterocycles. The fraction of sp³-hybridized carbons (Fsp3) is 0.130. The van der Waals surface area contributed by atoms with Crippen molar-refractivity contribution in [1.82, 2.24) is 9.55 Å². The minimum Gasteiger partial charge on any atom is -0.366 e. The fourth-order valence-corrected chi connectivity index (χ4v) is 3.46. The lowest BCUT2D eigenvalue weighted by Gasteiger charge is -2.13. The Morgan fingerprint density at radius 2 is 1.81 bits per heavy atom. The maximum Gasteiger partial charge on any atom is 0.249 e. The van der Waals surface area contributed by atoms with Crippen molar-refractivity contribution in [1.29, 1.82) is 0 Å². The molecule has 0 bridgehead atoms. The summed E-state index contributed by atoms with van der Waals surface area (Å²) < 4.78 is 2.15. The van der Waals surface area contributed by atoms with Gasteiger partial charge in [-0.2, -0.15) is 0 Å². The fourth-order valence-electron chi connectivity index (χ4n) is 3.46. The Labute approximate surface area is 158 Å². The summed E-state index contributed by atoms with van der Waals surface area (Å²) in [5.41, 5.74) is 11.6. The Morgan fingerprint density at radius 1 is 1.04 bits per heavy atom. The molecule has 2 N–H and O–H groups in total. The molecule has 0 radical (unpaired) electrons. The van der Waals surface area contributed by atoms with Crippen LogP contribution in [0.5, 0.6) is 0 Å². The SMILES string of the molecule is Cc1ccc(Cc2cccn2Cc2cnc3ccccc3c2C(N)=O)cc1. The van der Waals surface area contributed by atoms with Gasteiger partial charge in [0.1, 0.15) is 0 Å². The molecule has 2 aromatic carbocycles. The topological polar surface area (TPSA) is 60.9 Å². The van der Waals surface area contributed by atoms with E-state index in [1.165, 1.54) is 16.8 Å². The molecule has 134 valence electrons. The smallest absolute Gasteiger partial charge is 0.249 e. The van der Waals surface area contributed by atoms with Crippen molar-refractivity contribution in [2.24, 2.45) is 5.73 Å². The van der Waals surface area contributed by atoms with Gasteiger partial charge in [-0.25, -0.2) is 0 Å². The van der Waals surface area contributed by atoms with E-state index in [9.17, 15) is 4.79 Å². The van der Waals surface area contributed by atoms with Crippen LogP contribution in [0, 0.1) is 6.92 Å². The van der Waals surface area contributed by atoms with Gasteiger partial charge in [0.2, 0.25) is 5.91 Å². The molecule has 0 unspecified atom stereocenters. The predicted octanol–water partition coefficient (Wildman–Crippen LogP) is 4.08. The van der Waals surface area contributed by atoms with E-state index in [1.807, 2.05) is 36.5 Å². The number of hydrogen-bond acceptors (Lipinski definition) is 2. The third-order valence-electron chi connectivity index (χ3n) is 4.87. The van der Waals surface area contributed by atoms with Gasteiger partial charge in [-0.1, -0.05) is 48.0 Å². The summed E-state index contributed by atoms with van der Waals surface area (Å²) in [6.45, 7) is 2.65. The number of amides is 1. The van der Waals surface area contributed by atoms with Crippen molar-refractivity contribution in [2.45, 2.75) is 19.9 Å². The van der Waals surface area contributed by atoms with Crippen molar-refractivity contribution < 1.29 is 4.79 Å². The van der Waals surface area contributed by atoms with E-state index in [4.69, 9.17) is 5.73 Å². The second-order valence-electron chi connectivity index (χ2n) is 6.83. The largest absolute Gasteiger partial charge is 0.366 e. The predicted molar refractivity (Wildman–Crippen MR) is 108 cm³/mol. The van der Waals surface area contributed by atoms with E-state index < -0.39 is 5.91 Å². The second-order valence-corrected chi connectivity index (χ2v) is 6.83.